The van der Waals surface area contributed by atoms with Gasteiger partial charge in [0.15, 0.2) is 11.5 Å². The molecule has 2 aliphatic rings. The maximum atomic E-state index is 13.4. The Bertz CT molecular complexity index is 737. The minimum Gasteiger partial charge on any atom is -0.488 e. The Kier molecular flexibility index (Phi) is 4.74. The van der Waals surface area contributed by atoms with Gasteiger partial charge in [-0.3, -0.25) is 4.90 Å². The first kappa shape index (κ1) is 16.2. The molecule has 0 aliphatic carbocycles. The summed E-state index contributed by atoms with van der Waals surface area (Å²) in [5.74, 6) is 2.32. The van der Waals surface area contributed by atoms with Crippen molar-refractivity contribution in [1.82, 2.24) is 4.90 Å². The van der Waals surface area contributed by atoms with E-state index in [-0.39, 0.29) is 5.82 Å². The van der Waals surface area contributed by atoms with Crippen molar-refractivity contribution in [1.29, 1.82) is 0 Å². The summed E-state index contributed by atoms with van der Waals surface area (Å²) in [6.45, 7) is 4.43. The van der Waals surface area contributed by atoms with Gasteiger partial charge in [-0.15, -0.1) is 0 Å². The summed E-state index contributed by atoms with van der Waals surface area (Å²) < 4.78 is 30.5. The summed E-state index contributed by atoms with van der Waals surface area (Å²) in [6.07, 6.45) is 1.03. The van der Waals surface area contributed by atoms with E-state index in [1.807, 2.05) is 18.2 Å². The maximum absolute atomic E-state index is 13.4. The molecule has 0 saturated carbocycles. The van der Waals surface area contributed by atoms with Gasteiger partial charge in [0.1, 0.15) is 25.6 Å². The molecule has 131 valence electrons. The molecule has 0 spiro atoms. The third-order valence-electron chi connectivity index (χ3n) is 4.69. The largest absolute Gasteiger partial charge is 0.488 e. The van der Waals surface area contributed by atoms with Gasteiger partial charge in [0, 0.05) is 13.1 Å². The van der Waals surface area contributed by atoms with Gasteiger partial charge in [0.25, 0.3) is 0 Å². The molecule has 1 atom stereocenters. The molecule has 0 N–H and O–H groups in total. The molecule has 4 nitrogen and oxygen atoms in total. The van der Waals surface area contributed by atoms with Crippen molar-refractivity contribution >= 4 is 0 Å². The summed E-state index contributed by atoms with van der Waals surface area (Å²) in [4.78, 5) is 2.34. The van der Waals surface area contributed by atoms with E-state index in [4.69, 9.17) is 14.2 Å². The zero-order valence-corrected chi connectivity index (χ0v) is 14.0. The summed E-state index contributed by atoms with van der Waals surface area (Å²) in [7, 11) is 0. The lowest BCUT2D eigenvalue weighted by molar-refractivity contribution is 0.158. The van der Waals surface area contributed by atoms with Crippen LogP contribution in [-0.4, -0.2) is 44.4 Å². The molecule has 2 aliphatic heterocycles. The van der Waals surface area contributed by atoms with Crippen molar-refractivity contribution in [3.63, 3.8) is 0 Å². The van der Waals surface area contributed by atoms with Crippen molar-refractivity contribution in [2.45, 2.75) is 12.3 Å². The first-order chi connectivity index (χ1) is 12.3. The van der Waals surface area contributed by atoms with E-state index in [0.29, 0.717) is 31.5 Å². The van der Waals surface area contributed by atoms with Crippen LogP contribution >= 0.6 is 0 Å². The average molecular weight is 342 g/mol. The second-order valence-corrected chi connectivity index (χ2v) is 6.38. The molecule has 0 amide bonds. The van der Waals surface area contributed by atoms with Crippen LogP contribution in [0.1, 0.15) is 17.9 Å². The first-order valence-corrected chi connectivity index (χ1v) is 8.70. The van der Waals surface area contributed by atoms with E-state index in [1.165, 1.54) is 6.07 Å². The predicted molar refractivity (Wildman–Crippen MR) is 92.0 cm³/mol. The van der Waals surface area contributed by atoms with Crippen LogP contribution in [0.15, 0.2) is 36.4 Å². The number of hydrogen-bond acceptors (Lipinski definition) is 4. The predicted octanol–water partition coefficient (Wildman–Crippen LogP) is 3.27. The van der Waals surface area contributed by atoms with E-state index >= 15 is 0 Å². The van der Waals surface area contributed by atoms with Gasteiger partial charge in [-0.2, -0.15) is 0 Å². The standard InChI is InChI=1S/C20H21FNO3/c21-17-4-1-3-15(13-17)16-7-8-22(14-16)9-10-23-18-5-2-6-19-20(18)25-12-11-24-19/h1-2,4-6,13,16H,7-12,14H2/t16-/m0/s1. The molecule has 25 heavy (non-hydrogen) atoms. The zero-order chi connectivity index (χ0) is 17.1. The highest BCUT2D eigenvalue weighted by molar-refractivity contribution is 5.51. The smallest absolute Gasteiger partial charge is 0.203 e. The van der Waals surface area contributed by atoms with Crippen molar-refractivity contribution in [3.05, 3.63) is 53.8 Å². The quantitative estimate of drug-likeness (QED) is 0.834. The summed E-state index contributed by atoms with van der Waals surface area (Å²) in [5, 5.41) is 0. The molecule has 0 aromatic heterocycles. The molecular weight excluding hydrogens is 321 g/mol. The van der Waals surface area contributed by atoms with Gasteiger partial charge in [-0.25, -0.2) is 4.39 Å². The average Bonchev–Trinajstić information content (AvgIpc) is 3.11. The van der Waals surface area contributed by atoms with Crippen LogP contribution in [0.2, 0.25) is 0 Å². The third-order valence-corrected chi connectivity index (χ3v) is 4.69. The fraction of sp³-hybridized carbons (Fsp3) is 0.400. The van der Waals surface area contributed by atoms with E-state index in [2.05, 4.69) is 11.0 Å². The number of hydrogen-bond donors (Lipinski definition) is 0. The number of halogens is 1. The fourth-order valence-corrected chi connectivity index (χ4v) is 3.43. The Morgan fingerprint density at radius 2 is 2.16 bits per heavy atom. The minimum absolute atomic E-state index is 0.188. The fourth-order valence-electron chi connectivity index (χ4n) is 3.43. The first-order valence-electron chi connectivity index (χ1n) is 8.70. The number of likely N-dealkylation sites (tertiary alicyclic amines) is 1. The lowest BCUT2D eigenvalue weighted by atomic mass is 9.98. The summed E-state index contributed by atoms with van der Waals surface area (Å²) in [5.41, 5.74) is 0.964. The van der Waals surface area contributed by atoms with Gasteiger partial charge in [0.05, 0.1) is 0 Å². The molecule has 5 heteroatoms. The molecule has 1 radical (unpaired) electrons. The van der Waals surface area contributed by atoms with Gasteiger partial charge in [0.2, 0.25) is 5.75 Å². The highest BCUT2D eigenvalue weighted by Crippen LogP contribution is 2.39. The molecule has 1 fully saturated rings. The highest BCUT2D eigenvalue weighted by atomic mass is 19.1. The number of ether oxygens (including phenoxy) is 3. The molecule has 1 saturated heterocycles. The topological polar surface area (TPSA) is 30.9 Å². The lowest BCUT2D eigenvalue weighted by Crippen LogP contribution is -2.26. The lowest BCUT2D eigenvalue weighted by Gasteiger charge is -2.22. The molecule has 2 heterocycles. The molecule has 0 bridgehead atoms. The molecule has 0 unspecified atom stereocenters. The Hall–Kier alpha value is -2.27. The van der Waals surface area contributed by atoms with Gasteiger partial charge in [-0.1, -0.05) is 12.1 Å². The Morgan fingerprint density at radius 1 is 1.24 bits per heavy atom. The van der Waals surface area contributed by atoms with Crippen LogP contribution in [0.4, 0.5) is 4.39 Å². The number of fused-ring (bicyclic) bond motifs is 1. The number of nitrogens with zero attached hydrogens (tertiary/aromatic N) is 1. The molecule has 2 aromatic carbocycles. The van der Waals surface area contributed by atoms with Crippen LogP contribution in [-0.2, 0) is 0 Å². The normalized spacial score (nSPS) is 19.8. The van der Waals surface area contributed by atoms with E-state index in [1.54, 1.807) is 12.1 Å². The van der Waals surface area contributed by atoms with E-state index in [9.17, 15) is 4.39 Å². The van der Waals surface area contributed by atoms with Gasteiger partial charge in [-0.05, 0) is 54.8 Å². The maximum Gasteiger partial charge on any atom is 0.203 e. The van der Waals surface area contributed by atoms with Crippen LogP contribution in [0.3, 0.4) is 0 Å². The second kappa shape index (κ2) is 7.31. The Labute approximate surface area is 147 Å². The minimum atomic E-state index is -0.188. The highest BCUT2D eigenvalue weighted by Gasteiger charge is 2.24. The van der Waals surface area contributed by atoms with Crippen molar-refractivity contribution in [3.8, 4) is 17.2 Å². The molecular formula is C20H21FNO3. The van der Waals surface area contributed by atoms with Gasteiger partial charge >= 0.3 is 0 Å². The van der Waals surface area contributed by atoms with Crippen molar-refractivity contribution in [2.75, 3.05) is 39.5 Å². The molecule has 2 aromatic rings. The van der Waals surface area contributed by atoms with Crippen LogP contribution in [0.25, 0.3) is 0 Å². The Morgan fingerprint density at radius 3 is 3.08 bits per heavy atom. The van der Waals surface area contributed by atoms with E-state index < -0.39 is 0 Å². The van der Waals surface area contributed by atoms with Crippen LogP contribution < -0.4 is 14.2 Å². The summed E-state index contributed by atoms with van der Waals surface area (Å²) in [6, 6.07) is 13.6. The monoisotopic (exact) mass is 342 g/mol. The van der Waals surface area contributed by atoms with Crippen LogP contribution in [0, 0.1) is 11.9 Å². The van der Waals surface area contributed by atoms with Gasteiger partial charge < -0.3 is 14.2 Å². The Balaban J connectivity index is 1.30. The SMILES string of the molecule is Fc1cc[c]c([C@H]2CCN(CCOc3cccc4c3OCCO4)C2)c1. The number of rotatable bonds is 5. The zero-order valence-electron chi connectivity index (χ0n) is 14.0. The van der Waals surface area contributed by atoms with Crippen molar-refractivity contribution < 1.29 is 18.6 Å². The second-order valence-electron chi connectivity index (χ2n) is 6.38. The van der Waals surface area contributed by atoms with E-state index in [0.717, 1.165) is 43.1 Å². The third kappa shape index (κ3) is 3.71. The number of benzene rings is 2. The number of para-hydroxylation sites is 1. The summed E-state index contributed by atoms with van der Waals surface area (Å²) >= 11 is 0. The molecule has 4 rings (SSSR count). The van der Waals surface area contributed by atoms with Crippen LogP contribution in [0.5, 0.6) is 17.2 Å². The van der Waals surface area contributed by atoms with Crippen molar-refractivity contribution in [2.24, 2.45) is 0 Å².